The summed E-state index contributed by atoms with van der Waals surface area (Å²) in [6, 6.07) is 0. The summed E-state index contributed by atoms with van der Waals surface area (Å²) in [5.41, 5.74) is 2.76. The first-order chi connectivity index (χ1) is 12.0. The molecule has 0 radical (unpaired) electrons. The summed E-state index contributed by atoms with van der Waals surface area (Å²) >= 11 is 0. The molecule has 1 heteroatoms. The van der Waals surface area contributed by atoms with Gasteiger partial charge in [-0.05, 0) is 40.0 Å². The highest BCUT2D eigenvalue weighted by Crippen LogP contribution is 2.32. The molecule has 0 aromatic heterocycles. The molecule has 0 saturated carbocycles. The first-order valence-electron chi connectivity index (χ1n) is 9.42. The van der Waals surface area contributed by atoms with Gasteiger partial charge in [-0.15, -0.1) is 19.4 Å². The highest BCUT2D eigenvalue weighted by molar-refractivity contribution is 5.23. The average Bonchev–Trinajstić information content (AvgIpc) is 2.66. The fourth-order valence-electron chi connectivity index (χ4n) is 2.29. The van der Waals surface area contributed by atoms with Crippen molar-refractivity contribution in [3.8, 4) is 12.8 Å². The van der Waals surface area contributed by atoms with Crippen LogP contribution in [-0.4, -0.2) is 13.2 Å². The lowest BCUT2D eigenvalue weighted by Gasteiger charge is -2.30. The largest absolute Gasteiger partial charge is 0.377 e. The summed E-state index contributed by atoms with van der Waals surface area (Å²) in [4.78, 5) is 0. The van der Waals surface area contributed by atoms with Crippen molar-refractivity contribution in [2.75, 3.05) is 7.11 Å². The number of terminal acetylenes is 1. The number of hydrogen-bond acceptors (Lipinski definition) is 1. The van der Waals surface area contributed by atoms with Crippen LogP contribution < -0.4 is 0 Å². The molecule has 0 N–H and O–H groups in total. The monoisotopic (exact) mass is 348 g/mol. The topological polar surface area (TPSA) is 9.23 Å². The van der Waals surface area contributed by atoms with Crippen LogP contribution in [0.2, 0.25) is 0 Å². The third-order valence-corrected chi connectivity index (χ3v) is 3.52. The summed E-state index contributed by atoms with van der Waals surface area (Å²) in [5.74, 6) is 1.23. The Morgan fingerprint density at radius 3 is 1.96 bits per heavy atom. The molecular formula is C24H44O. The van der Waals surface area contributed by atoms with Crippen LogP contribution in [0.3, 0.4) is 0 Å². The molecule has 0 fully saturated rings. The lowest BCUT2D eigenvalue weighted by Crippen LogP contribution is -2.24. The van der Waals surface area contributed by atoms with Crippen molar-refractivity contribution in [3.05, 3.63) is 48.1 Å². The molecule has 146 valence electrons. The van der Waals surface area contributed by atoms with E-state index in [-0.39, 0.29) is 0 Å². The molecule has 3 atom stereocenters. The van der Waals surface area contributed by atoms with Crippen molar-refractivity contribution in [1.29, 1.82) is 0 Å². The molecule has 0 amide bonds. The molecule has 1 nitrogen and oxygen atoms in total. The first-order valence-corrected chi connectivity index (χ1v) is 9.42. The van der Waals surface area contributed by atoms with E-state index in [1.807, 2.05) is 34.6 Å². The molecule has 0 aromatic carbocycles. The van der Waals surface area contributed by atoms with E-state index in [0.717, 1.165) is 6.42 Å². The second-order valence-corrected chi connectivity index (χ2v) is 5.22. The van der Waals surface area contributed by atoms with Crippen molar-refractivity contribution in [3.63, 3.8) is 0 Å². The van der Waals surface area contributed by atoms with Gasteiger partial charge in [-0.25, -0.2) is 0 Å². The van der Waals surface area contributed by atoms with Crippen LogP contribution in [0.25, 0.3) is 0 Å². The third kappa shape index (κ3) is 17.1. The number of hydrogen-bond donors (Lipinski definition) is 0. The Hall–Kier alpha value is -1.52. The fourth-order valence-corrected chi connectivity index (χ4v) is 2.29. The minimum atomic E-state index is 0.308. The van der Waals surface area contributed by atoms with Gasteiger partial charge in [-0.2, -0.15) is 0 Å². The third-order valence-electron chi connectivity index (χ3n) is 3.52. The molecule has 0 saturated heterocycles. The molecule has 1 aliphatic carbocycles. The second kappa shape index (κ2) is 24.7. The standard InChI is InChI=1S/C15H24O.C3H6.2C2H6.C2H2/c1-6-11(2)7-8-15-12(3)9-14(16-5)10-13(15)4;1-3-2;3*1-2/h6-9,13-15H,10H2,1-5H3;3H,1H2,2H3;2*1-2H3;1-2H/b8-7+,11-6-;;;;. The molecule has 3 unspecified atom stereocenters. The smallest absolute Gasteiger partial charge is 0.0757 e. The Bertz CT molecular complexity index is 382. The van der Waals surface area contributed by atoms with Crippen LogP contribution >= 0.6 is 0 Å². The number of rotatable bonds is 3. The van der Waals surface area contributed by atoms with E-state index in [0.29, 0.717) is 17.9 Å². The zero-order chi connectivity index (χ0) is 20.8. The molecule has 1 aliphatic rings. The molecule has 0 bridgehead atoms. The number of methoxy groups -OCH3 is 1. The van der Waals surface area contributed by atoms with Crippen molar-refractivity contribution in [1.82, 2.24) is 0 Å². The van der Waals surface area contributed by atoms with Gasteiger partial charge in [0.1, 0.15) is 0 Å². The maximum atomic E-state index is 5.42. The SMILES string of the molecule is C#C.C/C=C(C)\C=C\C1C(C)=CC(OC)CC1C.C=CC.CC.CC. The predicted octanol–water partition coefficient (Wildman–Crippen LogP) is 7.62. The second-order valence-electron chi connectivity index (χ2n) is 5.22. The molecule has 25 heavy (non-hydrogen) atoms. The van der Waals surface area contributed by atoms with Gasteiger partial charge in [0.2, 0.25) is 0 Å². The van der Waals surface area contributed by atoms with Crippen LogP contribution in [0.1, 0.15) is 68.7 Å². The lowest BCUT2D eigenvalue weighted by molar-refractivity contribution is 0.106. The van der Waals surface area contributed by atoms with Crippen LogP contribution in [0, 0.1) is 24.7 Å². The molecule has 0 aromatic rings. The van der Waals surface area contributed by atoms with E-state index in [1.54, 1.807) is 13.2 Å². The van der Waals surface area contributed by atoms with Crippen molar-refractivity contribution >= 4 is 0 Å². The summed E-state index contributed by atoms with van der Waals surface area (Å²) in [6.07, 6.45) is 20.1. The van der Waals surface area contributed by atoms with Crippen LogP contribution in [0.4, 0.5) is 0 Å². The predicted molar refractivity (Wildman–Crippen MR) is 119 cm³/mol. The fraction of sp³-hybridized carbons (Fsp3) is 0.583. The Labute approximate surface area is 160 Å². The van der Waals surface area contributed by atoms with E-state index in [9.17, 15) is 0 Å². The average molecular weight is 349 g/mol. The molecule has 0 spiro atoms. The first kappa shape index (κ1) is 31.3. The molecule has 0 aliphatic heterocycles. The maximum absolute atomic E-state index is 5.42. The Morgan fingerprint density at radius 2 is 1.64 bits per heavy atom. The van der Waals surface area contributed by atoms with Gasteiger partial charge in [0.05, 0.1) is 6.10 Å². The van der Waals surface area contributed by atoms with Crippen molar-refractivity contribution in [2.24, 2.45) is 11.8 Å². The van der Waals surface area contributed by atoms with Gasteiger partial charge in [0.25, 0.3) is 0 Å². The molecule has 0 heterocycles. The van der Waals surface area contributed by atoms with Crippen LogP contribution in [-0.2, 0) is 4.74 Å². The van der Waals surface area contributed by atoms with Gasteiger partial charge in [-0.1, -0.05) is 76.1 Å². The Kier molecular flexibility index (Phi) is 30.9. The van der Waals surface area contributed by atoms with E-state index in [2.05, 4.69) is 71.4 Å². The van der Waals surface area contributed by atoms with E-state index in [4.69, 9.17) is 4.74 Å². The number of ether oxygens (including phenoxy) is 1. The molecular weight excluding hydrogens is 304 g/mol. The molecule has 1 rings (SSSR count). The van der Waals surface area contributed by atoms with Crippen molar-refractivity contribution in [2.45, 2.75) is 74.8 Å². The minimum absolute atomic E-state index is 0.308. The van der Waals surface area contributed by atoms with Gasteiger partial charge in [0, 0.05) is 13.0 Å². The normalized spacial score (nSPS) is 21.5. The van der Waals surface area contributed by atoms with E-state index < -0.39 is 0 Å². The van der Waals surface area contributed by atoms with Gasteiger partial charge in [-0.3, -0.25) is 0 Å². The van der Waals surface area contributed by atoms with Crippen LogP contribution in [0.5, 0.6) is 0 Å². The van der Waals surface area contributed by atoms with E-state index in [1.165, 1.54) is 11.1 Å². The summed E-state index contributed by atoms with van der Waals surface area (Å²) in [6.45, 7) is 22.0. The summed E-state index contributed by atoms with van der Waals surface area (Å²) in [7, 11) is 1.79. The van der Waals surface area contributed by atoms with Gasteiger partial charge >= 0.3 is 0 Å². The van der Waals surface area contributed by atoms with E-state index >= 15 is 0 Å². The number of allylic oxidation sites excluding steroid dienone is 6. The van der Waals surface area contributed by atoms with Crippen LogP contribution in [0.15, 0.2) is 48.1 Å². The summed E-state index contributed by atoms with van der Waals surface area (Å²) in [5, 5.41) is 0. The summed E-state index contributed by atoms with van der Waals surface area (Å²) < 4.78 is 5.42. The lowest BCUT2D eigenvalue weighted by atomic mass is 9.78. The zero-order valence-electron chi connectivity index (χ0n) is 18.6. The van der Waals surface area contributed by atoms with Gasteiger partial charge in [0.15, 0.2) is 0 Å². The Morgan fingerprint density at radius 1 is 1.20 bits per heavy atom. The maximum Gasteiger partial charge on any atom is 0.0757 e. The highest BCUT2D eigenvalue weighted by atomic mass is 16.5. The van der Waals surface area contributed by atoms with Gasteiger partial charge < -0.3 is 4.74 Å². The minimum Gasteiger partial charge on any atom is -0.377 e. The van der Waals surface area contributed by atoms with Crippen molar-refractivity contribution < 1.29 is 4.74 Å². The Balaban J connectivity index is -0.000000210. The highest BCUT2D eigenvalue weighted by Gasteiger charge is 2.24. The quantitative estimate of drug-likeness (QED) is 0.289. The zero-order valence-corrected chi connectivity index (χ0v) is 18.6.